The Bertz CT molecular complexity index is 795. The van der Waals surface area contributed by atoms with Crippen LogP contribution in [0.25, 0.3) is 0 Å². The van der Waals surface area contributed by atoms with E-state index in [0.29, 0.717) is 23.7 Å². The van der Waals surface area contributed by atoms with Gasteiger partial charge in [0.2, 0.25) is 5.89 Å². The molecule has 0 N–H and O–H groups in total. The predicted octanol–water partition coefficient (Wildman–Crippen LogP) is 2.73. The largest absolute Gasteiger partial charge is 0.339 e. The van der Waals surface area contributed by atoms with Gasteiger partial charge in [0.05, 0.1) is 0 Å². The van der Waals surface area contributed by atoms with Gasteiger partial charge in [0.15, 0.2) is 5.82 Å². The number of hydrogen-bond acceptors (Lipinski definition) is 4. The van der Waals surface area contributed by atoms with Crippen molar-refractivity contribution < 1.29 is 8.91 Å². The number of aryl methyl sites for hydroxylation is 1. The van der Waals surface area contributed by atoms with Crippen LogP contribution in [0.15, 0.2) is 41.2 Å². The Kier molecular flexibility index (Phi) is 3.21. The van der Waals surface area contributed by atoms with Crippen molar-refractivity contribution in [1.29, 1.82) is 0 Å². The Labute approximate surface area is 126 Å². The SMILES string of the molecule is Fc1ccccc1Cc1noc(C2CCn3ccnc3C2)n1. The highest BCUT2D eigenvalue weighted by atomic mass is 19.1. The molecule has 3 heterocycles. The summed E-state index contributed by atoms with van der Waals surface area (Å²) in [6.45, 7) is 0.908. The minimum atomic E-state index is -0.242. The van der Waals surface area contributed by atoms with Crippen LogP contribution in [0.5, 0.6) is 0 Å². The second-order valence-corrected chi connectivity index (χ2v) is 5.54. The normalized spacial score (nSPS) is 17.4. The van der Waals surface area contributed by atoms with Crippen LogP contribution in [-0.4, -0.2) is 19.7 Å². The van der Waals surface area contributed by atoms with Crippen LogP contribution in [-0.2, 0) is 19.4 Å². The number of halogens is 1. The summed E-state index contributed by atoms with van der Waals surface area (Å²) in [5, 5.41) is 3.99. The van der Waals surface area contributed by atoms with Crippen molar-refractivity contribution in [2.45, 2.75) is 31.7 Å². The highest BCUT2D eigenvalue weighted by Gasteiger charge is 2.25. The summed E-state index contributed by atoms with van der Waals surface area (Å²) in [6, 6.07) is 6.66. The molecule has 0 spiro atoms. The van der Waals surface area contributed by atoms with Crippen LogP contribution in [0.2, 0.25) is 0 Å². The predicted molar refractivity (Wildman–Crippen MR) is 76.8 cm³/mol. The van der Waals surface area contributed by atoms with Crippen LogP contribution in [0.3, 0.4) is 0 Å². The third-order valence-corrected chi connectivity index (χ3v) is 4.09. The summed E-state index contributed by atoms with van der Waals surface area (Å²) in [5.41, 5.74) is 0.578. The lowest BCUT2D eigenvalue weighted by Gasteiger charge is -2.19. The van der Waals surface area contributed by atoms with E-state index in [4.69, 9.17) is 4.52 Å². The maximum Gasteiger partial charge on any atom is 0.230 e. The van der Waals surface area contributed by atoms with E-state index in [9.17, 15) is 4.39 Å². The third-order valence-electron chi connectivity index (χ3n) is 4.09. The maximum atomic E-state index is 13.7. The Morgan fingerprint density at radius 3 is 3.14 bits per heavy atom. The van der Waals surface area contributed by atoms with Gasteiger partial charge in [0.1, 0.15) is 11.6 Å². The molecular formula is C16H15FN4O. The Balaban J connectivity index is 1.52. The van der Waals surface area contributed by atoms with E-state index >= 15 is 0 Å². The van der Waals surface area contributed by atoms with Gasteiger partial charge in [-0.25, -0.2) is 9.37 Å². The average molecular weight is 298 g/mol. The maximum absolute atomic E-state index is 13.7. The van der Waals surface area contributed by atoms with Crippen molar-refractivity contribution in [2.24, 2.45) is 0 Å². The van der Waals surface area contributed by atoms with Crippen LogP contribution in [0.4, 0.5) is 4.39 Å². The van der Waals surface area contributed by atoms with Crippen molar-refractivity contribution in [1.82, 2.24) is 19.7 Å². The number of imidazole rings is 1. The number of benzene rings is 1. The minimum absolute atomic E-state index is 0.191. The number of nitrogens with zero attached hydrogens (tertiary/aromatic N) is 4. The molecule has 0 bridgehead atoms. The van der Waals surface area contributed by atoms with Crippen molar-refractivity contribution in [3.8, 4) is 0 Å². The molecule has 22 heavy (non-hydrogen) atoms. The van der Waals surface area contributed by atoms with E-state index in [1.165, 1.54) is 6.07 Å². The highest BCUT2D eigenvalue weighted by Crippen LogP contribution is 2.27. The zero-order valence-electron chi connectivity index (χ0n) is 11.9. The summed E-state index contributed by atoms with van der Waals surface area (Å²) in [5.74, 6) is 2.14. The van der Waals surface area contributed by atoms with E-state index in [0.717, 1.165) is 25.2 Å². The van der Waals surface area contributed by atoms with E-state index in [-0.39, 0.29) is 11.7 Å². The van der Waals surface area contributed by atoms with Gasteiger partial charge in [-0.2, -0.15) is 4.98 Å². The Morgan fingerprint density at radius 2 is 2.23 bits per heavy atom. The average Bonchev–Trinajstić information content (AvgIpc) is 3.17. The quantitative estimate of drug-likeness (QED) is 0.746. The smallest absolute Gasteiger partial charge is 0.230 e. The fourth-order valence-electron chi connectivity index (χ4n) is 2.88. The van der Waals surface area contributed by atoms with E-state index in [1.807, 2.05) is 12.4 Å². The van der Waals surface area contributed by atoms with Crippen molar-refractivity contribution in [3.63, 3.8) is 0 Å². The molecule has 4 rings (SSSR count). The summed E-state index contributed by atoms with van der Waals surface area (Å²) >= 11 is 0. The molecule has 5 nitrogen and oxygen atoms in total. The van der Waals surface area contributed by atoms with Gasteiger partial charge in [-0.1, -0.05) is 23.4 Å². The van der Waals surface area contributed by atoms with Gasteiger partial charge in [0.25, 0.3) is 0 Å². The van der Waals surface area contributed by atoms with Gasteiger partial charge in [0, 0.05) is 37.7 Å². The minimum Gasteiger partial charge on any atom is -0.339 e. The van der Waals surface area contributed by atoms with Gasteiger partial charge in [-0.3, -0.25) is 0 Å². The van der Waals surface area contributed by atoms with Crippen molar-refractivity contribution in [3.05, 3.63) is 65.6 Å². The molecule has 1 aromatic carbocycles. The van der Waals surface area contributed by atoms with Crippen LogP contribution >= 0.6 is 0 Å². The van der Waals surface area contributed by atoms with Crippen LogP contribution in [0.1, 0.15) is 35.4 Å². The molecule has 0 saturated heterocycles. The van der Waals surface area contributed by atoms with Gasteiger partial charge in [-0.05, 0) is 18.1 Å². The topological polar surface area (TPSA) is 56.7 Å². The Hall–Kier alpha value is -2.50. The zero-order valence-corrected chi connectivity index (χ0v) is 11.9. The van der Waals surface area contributed by atoms with Gasteiger partial charge in [-0.15, -0.1) is 0 Å². The lowest BCUT2D eigenvalue weighted by molar-refractivity contribution is 0.321. The molecule has 0 fully saturated rings. The summed E-state index contributed by atoms with van der Waals surface area (Å²) in [4.78, 5) is 8.79. The molecule has 1 unspecified atom stereocenters. The second kappa shape index (κ2) is 5.36. The monoisotopic (exact) mass is 298 g/mol. The molecule has 2 aromatic heterocycles. The molecule has 0 amide bonds. The molecule has 3 aromatic rings. The first-order valence-electron chi connectivity index (χ1n) is 7.35. The zero-order chi connectivity index (χ0) is 14.9. The molecule has 1 aliphatic rings. The first-order valence-corrected chi connectivity index (χ1v) is 7.35. The molecule has 0 saturated carbocycles. The first-order chi connectivity index (χ1) is 10.8. The molecule has 6 heteroatoms. The molecular weight excluding hydrogens is 283 g/mol. The molecule has 1 atom stereocenters. The first kappa shape index (κ1) is 13.2. The van der Waals surface area contributed by atoms with Crippen molar-refractivity contribution >= 4 is 0 Å². The summed E-state index contributed by atoms with van der Waals surface area (Å²) in [7, 11) is 0. The second-order valence-electron chi connectivity index (χ2n) is 5.54. The van der Waals surface area contributed by atoms with Crippen LogP contribution in [0, 0.1) is 5.82 Å². The fourth-order valence-corrected chi connectivity index (χ4v) is 2.88. The number of fused-ring (bicyclic) bond motifs is 1. The van der Waals surface area contributed by atoms with Crippen LogP contribution < -0.4 is 0 Å². The lowest BCUT2D eigenvalue weighted by Crippen LogP contribution is -2.18. The molecule has 1 aliphatic heterocycles. The molecule has 0 radical (unpaired) electrons. The molecule has 0 aliphatic carbocycles. The summed E-state index contributed by atoms with van der Waals surface area (Å²) in [6.07, 6.45) is 5.90. The van der Waals surface area contributed by atoms with Gasteiger partial charge < -0.3 is 9.09 Å². The highest BCUT2D eigenvalue weighted by molar-refractivity contribution is 5.21. The standard InChI is InChI=1S/C16H15FN4O/c17-13-4-2-1-3-11(13)9-14-19-16(22-20-14)12-5-7-21-8-6-18-15(21)10-12/h1-4,6,8,12H,5,7,9-10H2. The Morgan fingerprint density at radius 1 is 1.32 bits per heavy atom. The summed E-state index contributed by atoms with van der Waals surface area (Å²) < 4.78 is 21.2. The number of aromatic nitrogens is 4. The third kappa shape index (κ3) is 2.41. The van der Waals surface area contributed by atoms with Crippen molar-refractivity contribution in [2.75, 3.05) is 0 Å². The fraction of sp³-hybridized carbons (Fsp3) is 0.312. The van der Waals surface area contributed by atoms with E-state index < -0.39 is 0 Å². The lowest BCUT2D eigenvalue weighted by atomic mass is 9.98. The molecule has 112 valence electrons. The van der Waals surface area contributed by atoms with Gasteiger partial charge >= 0.3 is 0 Å². The van der Waals surface area contributed by atoms with E-state index in [1.54, 1.807) is 18.2 Å². The number of rotatable bonds is 3. The van der Waals surface area contributed by atoms with E-state index in [2.05, 4.69) is 19.7 Å². The number of hydrogen-bond donors (Lipinski definition) is 0.